The van der Waals surface area contributed by atoms with Crippen molar-refractivity contribution in [3.8, 4) is 0 Å². The van der Waals surface area contributed by atoms with E-state index in [1.807, 2.05) is 0 Å². The molecule has 0 unspecified atom stereocenters. The summed E-state index contributed by atoms with van der Waals surface area (Å²) < 4.78 is 13.2. The molecule has 0 saturated heterocycles. The first kappa shape index (κ1) is 14.3. The second kappa shape index (κ2) is 6.36. The van der Waals surface area contributed by atoms with E-state index in [1.165, 1.54) is 12.1 Å². The van der Waals surface area contributed by atoms with E-state index in [1.54, 1.807) is 0 Å². The van der Waals surface area contributed by atoms with Gasteiger partial charge in [-0.15, -0.1) is 0 Å². The predicted molar refractivity (Wildman–Crippen MR) is 73.5 cm³/mol. The molecule has 1 aromatic rings. The number of nitrogens with two attached hydrogens (primary N) is 1. The number of anilines is 1. The molecule has 6 heteroatoms. The summed E-state index contributed by atoms with van der Waals surface area (Å²) in [7, 11) is 0. The van der Waals surface area contributed by atoms with Crippen LogP contribution in [0.25, 0.3) is 0 Å². The van der Waals surface area contributed by atoms with Gasteiger partial charge in [0.15, 0.2) is 0 Å². The van der Waals surface area contributed by atoms with Gasteiger partial charge in [-0.1, -0.05) is 0 Å². The van der Waals surface area contributed by atoms with Crippen molar-refractivity contribution < 1.29 is 14.0 Å². The minimum absolute atomic E-state index is 0.0123. The van der Waals surface area contributed by atoms with E-state index in [2.05, 4.69) is 10.6 Å². The summed E-state index contributed by atoms with van der Waals surface area (Å²) in [5.74, 6) is -0.965. The Bertz CT molecular complexity index is 515. The molecule has 0 heterocycles. The topological polar surface area (TPSA) is 84.2 Å². The van der Waals surface area contributed by atoms with Crippen molar-refractivity contribution in [3.63, 3.8) is 0 Å². The van der Waals surface area contributed by atoms with Crippen LogP contribution >= 0.6 is 0 Å². The molecule has 1 aliphatic carbocycles. The third kappa shape index (κ3) is 4.22. The van der Waals surface area contributed by atoms with Crippen LogP contribution in [0, 0.1) is 5.82 Å². The van der Waals surface area contributed by atoms with E-state index >= 15 is 0 Å². The summed E-state index contributed by atoms with van der Waals surface area (Å²) in [5.41, 5.74) is 5.57. The van der Waals surface area contributed by atoms with Crippen LogP contribution in [0.2, 0.25) is 0 Å². The Morgan fingerprint density at radius 3 is 2.75 bits per heavy atom. The van der Waals surface area contributed by atoms with Crippen molar-refractivity contribution in [3.05, 3.63) is 29.6 Å². The Morgan fingerprint density at radius 2 is 2.10 bits per heavy atom. The van der Waals surface area contributed by atoms with Crippen LogP contribution < -0.4 is 16.4 Å². The maximum absolute atomic E-state index is 13.2. The van der Waals surface area contributed by atoms with Gasteiger partial charge in [0.05, 0.1) is 5.69 Å². The number of hydrogen-bond donors (Lipinski definition) is 3. The van der Waals surface area contributed by atoms with Gasteiger partial charge in [-0.25, -0.2) is 4.39 Å². The number of rotatable bonds is 6. The van der Waals surface area contributed by atoms with E-state index in [0.717, 1.165) is 18.9 Å². The molecule has 0 spiro atoms. The fourth-order valence-corrected chi connectivity index (χ4v) is 1.75. The van der Waals surface area contributed by atoms with Gasteiger partial charge < -0.3 is 16.4 Å². The first-order chi connectivity index (χ1) is 9.56. The molecule has 1 saturated carbocycles. The minimum atomic E-state index is -0.610. The van der Waals surface area contributed by atoms with Crippen molar-refractivity contribution in [2.75, 3.05) is 12.3 Å². The van der Waals surface area contributed by atoms with Crippen LogP contribution in [0.15, 0.2) is 18.2 Å². The SMILES string of the molecule is Nc1ccc(C(=O)NCCCC(=O)NC2CC2)cc1F. The normalized spacial score (nSPS) is 13.8. The number of nitrogen functional groups attached to an aromatic ring is 1. The lowest BCUT2D eigenvalue weighted by Crippen LogP contribution is -2.28. The summed E-state index contributed by atoms with van der Waals surface area (Å²) in [6.45, 7) is 0.378. The van der Waals surface area contributed by atoms with Gasteiger partial charge >= 0.3 is 0 Å². The Morgan fingerprint density at radius 1 is 1.35 bits per heavy atom. The molecule has 1 aromatic carbocycles. The van der Waals surface area contributed by atoms with Crippen LogP contribution in [-0.2, 0) is 4.79 Å². The molecule has 0 aliphatic heterocycles. The lowest BCUT2D eigenvalue weighted by molar-refractivity contribution is -0.121. The van der Waals surface area contributed by atoms with Crippen LogP contribution in [0.3, 0.4) is 0 Å². The number of carbonyl (C=O) groups excluding carboxylic acids is 2. The monoisotopic (exact) mass is 279 g/mol. The summed E-state index contributed by atoms with van der Waals surface area (Å²) in [6, 6.07) is 4.28. The first-order valence-corrected chi connectivity index (χ1v) is 6.69. The summed E-state index contributed by atoms with van der Waals surface area (Å²) in [4.78, 5) is 23.1. The second-order valence-electron chi connectivity index (χ2n) is 4.94. The summed E-state index contributed by atoms with van der Waals surface area (Å²) in [6.07, 6.45) is 3.06. The van der Waals surface area contributed by atoms with Gasteiger partial charge in [0, 0.05) is 24.6 Å². The number of benzene rings is 1. The molecule has 1 aliphatic rings. The molecule has 0 bridgehead atoms. The van der Waals surface area contributed by atoms with Gasteiger partial charge in [0.1, 0.15) is 5.82 Å². The van der Waals surface area contributed by atoms with E-state index in [9.17, 15) is 14.0 Å². The number of carbonyl (C=O) groups is 2. The highest BCUT2D eigenvalue weighted by atomic mass is 19.1. The maximum atomic E-state index is 13.2. The van der Waals surface area contributed by atoms with E-state index in [4.69, 9.17) is 5.73 Å². The van der Waals surface area contributed by atoms with Crippen LogP contribution in [0.4, 0.5) is 10.1 Å². The molecule has 20 heavy (non-hydrogen) atoms. The highest BCUT2D eigenvalue weighted by Crippen LogP contribution is 2.18. The zero-order chi connectivity index (χ0) is 14.5. The van der Waals surface area contributed by atoms with Crippen molar-refractivity contribution in [2.45, 2.75) is 31.7 Å². The fourth-order valence-electron chi connectivity index (χ4n) is 1.75. The molecule has 1 fully saturated rings. The maximum Gasteiger partial charge on any atom is 0.251 e. The Hall–Kier alpha value is -2.11. The number of halogens is 1. The average Bonchev–Trinajstić information content (AvgIpc) is 3.21. The second-order valence-corrected chi connectivity index (χ2v) is 4.94. The van der Waals surface area contributed by atoms with Crippen molar-refractivity contribution in [2.24, 2.45) is 0 Å². The highest BCUT2D eigenvalue weighted by Gasteiger charge is 2.22. The Kier molecular flexibility index (Phi) is 4.55. The number of nitrogens with one attached hydrogen (secondary N) is 2. The van der Waals surface area contributed by atoms with Crippen molar-refractivity contribution >= 4 is 17.5 Å². The Labute approximate surface area is 116 Å². The highest BCUT2D eigenvalue weighted by molar-refractivity contribution is 5.94. The quantitative estimate of drug-likeness (QED) is 0.540. The average molecular weight is 279 g/mol. The smallest absolute Gasteiger partial charge is 0.251 e. The van der Waals surface area contributed by atoms with E-state index in [-0.39, 0.29) is 23.1 Å². The standard InChI is InChI=1S/C14H18FN3O2/c15-11-8-9(3-6-12(11)16)14(20)17-7-1-2-13(19)18-10-4-5-10/h3,6,8,10H,1-2,4-5,7,16H2,(H,17,20)(H,18,19). The number of hydrogen-bond acceptors (Lipinski definition) is 3. The summed E-state index contributed by atoms with van der Waals surface area (Å²) in [5, 5.41) is 5.52. The molecule has 0 atom stereocenters. The molecule has 2 rings (SSSR count). The van der Waals surface area contributed by atoms with E-state index in [0.29, 0.717) is 25.4 Å². The molecule has 5 nitrogen and oxygen atoms in total. The van der Waals surface area contributed by atoms with Crippen LogP contribution in [-0.4, -0.2) is 24.4 Å². The van der Waals surface area contributed by atoms with Crippen molar-refractivity contribution in [1.29, 1.82) is 0 Å². The molecule has 0 aromatic heterocycles. The zero-order valence-corrected chi connectivity index (χ0v) is 11.1. The molecule has 2 amide bonds. The summed E-state index contributed by atoms with van der Waals surface area (Å²) >= 11 is 0. The predicted octanol–water partition coefficient (Wildman–Crippen LogP) is 1.20. The minimum Gasteiger partial charge on any atom is -0.396 e. The first-order valence-electron chi connectivity index (χ1n) is 6.69. The Balaban J connectivity index is 1.68. The van der Waals surface area contributed by atoms with Gasteiger partial charge in [-0.2, -0.15) is 0 Å². The zero-order valence-electron chi connectivity index (χ0n) is 11.1. The molecular weight excluding hydrogens is 261 g/mol. The van der Waals surface area contributed by atoms with Gasteiger partial charge in [0.25, 0.3) is 5.91 Å². The van der Waals surface area contributed by atoms with Gasteiger partial charge in [-0.3, -0.25) is 9.59 Å². The third-order valence-electron chi connectivity index (χ3n) is 3.07. The van der Waals surface area contributed by atoms with E-state index < -0.39 is 5.82 Å². The van der Waals surface area contributed by atoms with Crippen LogP contribution in [0.5, 0.6) is 0 Å². The molecule has 4 N–H and O–H groups in total. The van der Waals surface area contributed by atoms with Crippen molar-refractivity contribution in [1.82, 2.24) is 10.6 Å². The fraction of sp³-hybridized carbons (Fsp3) is 0.429. The van der Waals surface area contributed by atoms with Gasteiger partial charge in [-0.05, 0) is 37.5 Å². The lowest BCUT2D eigenvalue weighted by atomic mass is 10.2. The number of amides is 2. The third-order valence-corrected chi connectivity index (χ3v) is 3.07. The molecule has 108 valence electrons. The largest absolute Gasteiger partial charge is 0.396 e. The molecule has 0 radical (unpaired) electrons. The van der Waals surface area contributed by atoms with Gasteiger partial charge in [0.2, 0.25) is 5.91 Å². The molecular formula is C14H18FN3O2. The lowest BCUT2D eigenvalue weighted by Gasteiger charge is -2.06. The van der Waals surface area contributed by atoms with Crippen LogP contribution in [0.1, 0.15) is 36.0 Å².